The van der Waals surface area contributed by atoms with Crippen molar-refractivity contribution in [1.29, 1.82) is 10.5 Å². The number of hydrogen-bond acceptors (Lipinski definition) is 9. The molecule has 236 valence electrons. The van der Waals surface area contributed by atoms with Gasteiger partial charge in [-0.25, -0.2) is 0 Å². The highest BCUT2D eigenvalue weighted by Crippen LogP contribution is 2.34. The Labute approximate surface area is 281 Å². The van der Waals surface area contributed by atoms with Gasteiger partial charge in [-0.15, -0.1) is 10.6 Å². The molecule has 3 heterocycles. The molecule has 0 atom stereocenters. The molecule has 0 radical (unpaired) electrons. The van der Waals surface area contributed by atoms with Crippen LogP contribution in [0.3, 0.4) is 0 Å². The fraction of sp³-hybridized carbons (Fsp3) is 0.278. The molecule has 47 heavy (non-hydrogen) atoms. The van der Waals surface area contributed by atoms with Gasteiger partial charge in [0.2, 0.25) is 0 Å². The fourth-order valence-electron chi connectivity index (χ4n) is 4.63. The van der Waals surface area contributed by atoms with Gasteiger partial charge in [-0.3, -0.25) is 4.68 Å². The summed E-state index contributed by atoms with van der Waals surface area (Å²) in [7, 11) is 0.528. The van der Waals surface area contributed by atoms with Crippen LogP contribution in [0.2, 0.25) is 19.6 Å². The van der Waals surface area contributed by atoms with Crippen molar-refractivity contribution in [3.05, 3.63) is 94.6 Å². The number of likely N-dealkylation sites (N-methyl/N-ethyl adjacent to an activating group) is 1. The van der Waals surface area contributed by atoms with E-state index in [1.54, 1.807) is 12.2 Å². The first kappa shape index (κ1) is 33.1. The second kappa shape index (κ2) is 13.6. The van der Waals surface area contributed by atoms with Crippen molar-refractivity contribution in [2.45, 2.75) is 47.0 Å². The molecule has 0 aliphatic carbocycles. The number of nitrogens with zero attached hydrogens (tertiary/aromatic N) is 8. The van der Waals surface area contributed by atoms with Gasteiger partial charge in [0, 0.05) is 35.8 Å². The Hall–Kier alpha value is -5.28. The van der Waals surface area contributed by atoms with Gasteiger partial charge in [0.1, 0.15) is 54.0 Å². The molecule has 0 saturated carbocycles. The van der Waals surface area contributed by atoms with Gasteiger partial charge in [-0.1, -0.05) is 69.8 Å². The third-order valence-corrected chi connectivity index (χ3v) is 8.71. The maximum atomic E-state index is 9.39. The van der Waals surface area contributed by atoms with Crippen LogP contribution in [-0.4, -0.2) is 45.4 Å². The van der Waals surface area contributed by atoms with E-state index in [1.807, 2.05) is 87.3 Å². The lowest BCUT2D eigenvalue weighted by atomic mass is 9.90. The highest BCUT2D eigenvalue weighted by atomic mass is 32.1. The van der Waals surface area contributed by atoms with Gasteiger partial charge in [0.15, 0.2) is 0 Å². The largest absolute Gasteiger partial charge is 0.461 e. The molecule has 11 heteroatoms. The maximum absolute atomic E-state index is 9.39. The first-order valence-electron chi connectivity index (χ1n) is 15.2. The Morgan fingerprint density at radius 3 is 2.40 bits per heavy atom. The van der Waals surface area contributed by atoms with Gasteiger partial charge in [-0.2, -0.15) is 19.3 Å². The fourth-order valence-corrected chi connectivity index (χ4v) is 5.72. The van der Waals surface area contributed by atoms with Crippen LogP contribution in [0.4, 0.5) is 5.69 Å². The predicted octanol–water partition coefficient (Wildman–Crippen LogP) is 7.52. The predicted molar refractivity (Wildman–Crippen MR) is 190 cm³/mol. The van der Waals surface area contributed by atoms with E-state index in [4.69, 9.17) is 4.74 Å². The van der Waals surface area contributed by atoms with E-state index in [0.29, 0.717) is 23.6 Å². The van der Waals surface area contributed by atoms with Crippen molar-refractivity contribution in [1.82, 2.24) is 23.7 Å². The lowest BCUT2D eigenvalue weighted by Crippen LogP contribution is -2.22. The van der Waals surface area contributed by atoms with Gasteiger partial charge in [-0.05, 0) is 48.1 Å². The molecule has 0 fully saturated rings. The summed E-state index contributed by atoms with van der Waals surface area (Å²) in [4.78, 5) is 2.17. The van der Waals surface area contributed by atoms with Gasteiger partial charge in [0.05, 0.1) is 30.0 Å². The van der Waals surface area contributed by atoms with E-state index < -0.39 is 8.07 Å². The number of rotatable bonds is 7. The topological polar surface area (TPSA) is 117 Å². The van der Waals surface area contributed by atoms with Crippen molar-refractivity contribution < 1.29 is 4.74 Å². The Kier molecular flexibility index (Phi) is 9.58. The molecule has 9 nitrogen and oxygen atoms in total. The molecule has 0 amide bonds. The molecule has 2 aromatic carbocycles. The first-order valence-corrected chi connectivity index (χ1v) is 19.4. The zero-order valence-electron chi connectivity index (χ0n) is 27.7. The SMILES string of the molecule is CN(CCn1cc(-c2ccc(C#C[Si](C)(C)C)c3nsnc23)nn1)c1ccc(/C=C/C2=CC(=C(C#N)C#N)C=C(C(C)(C)C)O2)cc1. The molecule has 2 aromatic heterocycles. The number of allylic oxidation sites excluding steroid dienone is 6. The molecule has 5 rings (SSSR count). The summed E-state index contributed by atoms with van der Waals surface area (Å²) in [6.45, 7) is 14.1. The minimum Gasteiger partial charge on any atom is -0.461 e. The Balaban J connectivity index is 1.23. The number of fused-ring (bicyclic) bond motifs is 1. The molecule has 0 N–H and O–H groups in total. The van der Waals surface area contributed by atoms with Crippen molar-refractivity contribution in [2.75, 3.05) is 18.5 Å². The highest BCUT2D eigenvalue weighted by molar-refractivity contribution is 7.00. The Morgan fingerprint density at radius 1 is 1.00 bits per heavy atom. The van der Waals surface area contributed by atoms with Gasteiger partial charge < -0.3 is 9.64 Å². The van der Waals surface area contributed by atoms with Crippen molar-refractivity contribution in [3.8, 4) is 34.9 Å². The summed E-state index contributed by atoms with van der Waals surface area (Å²) < 4.78 is 17.0. The lowest BCUT2D eigenvalue weighted by molar-refractivity contribution is 0.223. The monoisotopic (exact) mass is 656 g/mol. The van der Waals surface area contributed by atoms with E-state index in [1.165, 1.54) is 11.7 Å². The molecule has 0 unspecified atom stereocenters. The molecular formula is C36H36N8OSSi. The summed E-state index contributed by atoms with van der Waals surface area (Å²) >= 11 is 1.19. The van der Waals surface area contributed by atoms with Crippen molar-refractivity contribution >= 4 is 42.6 Å². The van der Waals surface area contributed by atoms with Crippen LogP contribution >= 0.6 is 11.7 Å². The third-order valence-electron chi connectivity index (χ3n) is 7.30. The highest BCUT2D eigenvalue weighted by Gasteiger charge is 2.24. The number of benzene rings is 2. The summed E-state index contributed by atoms with van der Waals surface area (Å²) in [6, 6.07) is 16.2. The lowest BCUT2D eigenvalue weighted by Gasteiger charge is -2.26. The molecular weight excluding hydrogens is 621 g/mol. The molecule has 1 aliphatic heterocycles. The van der Waals surface area contributed by atoms with Crippen LogP contribution in [0.15, 0.2) is 83.5 Å². The molecule has 4 aromatic rings. The maximum Gasteiger partial charge on any atom is 0.137 e. The Bertz CT molecular complexity index is 2060. The zero-order chi connectivity index (χ0) is 33.8. The second-order valence-electron chi connectivity index (χ2n) is 13.3. The summed E-state index contributed by atoms with van der Waals surface area (Å²) in [5.74, 6) is 4.59. The van der Waals surface area contributed by atoms with Crippen LogP contribution in [0.5, 0.6) is 0 Å². The average Bonchev–Trinajstić information content (AvgIpc) is 3.72. The van der Waals surface area contributed by atoms with Crippen molar-refractivity contribution in [3.63, 3.8) is 0 Å². The van der Waals surface area contributed by atoms with E-state index in [2.05, 4.69) is 67.2 Å². The van der Waals surface area contributed by atoms with E-state index in [0.717, 1.165) is 45.6 Å². The van der Waals surface area contributed by atoms with Crippen LogP contribution < -0.4 is 4.90 Å². The van der Waals surface area contributed by atoms with E-state index in [-0.39, 0.29) is 11.0 Å². The molecule has 0 spiro atoms. The normalized spacial score (nSPS) is 13.3. The van der Waals surface area contributed by atoms with E-state index >= 15 is 0 Å². The average molecular weight is 657 g/mol. The summed E-state index contributed by atoms with van der Waals surface area (Å²) in [6.07, 6.45) is 9.25. The number of anilines is 1. The van der Waals surface area contributed by atoms with Crippen molar-refractivity contribution in [2.24, 2.45) is 5.41 Å². The zero-order valence-corrected chi connectivity index (χ0v) is 29.5. The molecule has 0 bridgehead atoms. The number of nitriles is 2. The van der Waals surface area contributed by atoms with Crippen LogP contribution in [-0.2, 0) is 11.3 Å². The second-order valence-corrected chi connectivity index (χ2v) is 18.6. The smallest absolute Gasteiger partial charge is 0.137 e. The number of aromatic nitrogens is 5. The number of hydrogen-bond donors (Lipinski definition) is 0. The first-order chi connectivity index (χ1) is 22.3. The minimum atomic E-state index is -1.52. The van der Waals surface area contributed by atoms with Crippen LogP contribution in [0.1, 0.15) is 31.9 Å². The summed E-state index contributed by atoms with van der Waals surface area (Å²) in [5, 5.41) is 27.6. The number of ether oxygens (including phenoxy) is 1. The van der Waals surface area contributed by atoms with Gasteiger partial charge in [0.25, 0.3) is 0 Å². The molecule has 1 aliphatic rings. The van der Waals surface area contributed by atoms with Crippen LogP contribution in [0, 0.1) is 39.5 Å². The van der Waals surface area contributed by atoms with Crippen LogP contribution in [0.25, 0.3) is 28.4 Å². The summed E-state index contributed by atoms with van der Waals surface area (Å²) in [5.41, 5.74) is 9.98. The third kappa shape index (κ3) is 8.12. The minimum absolute atomic E-state index is 0.0571. The Morgan fingerprint density at radius 2 is 1.72 bits per heavy atom. The standard InChI is InChI=1S/C36H36N8OSSi/c1-36(2,3)33-21-27(28(22-37)23-38)20-30(45-33)14-10-25-8-12-29(13-9-25)43(4)17-18-44-24-32(39-42-44)31-15-11-26(16-19-47(5,6)7)34-35(31)41-46-40-34/h8-15,20-21,24H,17-18H2,1-7H3/b14-10+. The quantitative estimate of drug-likeness (QED) is 0.114. The van der Waals surface area contributed by atoms with Gasteiger partial charge >= 0.3 is 0 Å². The van der Waals surface area contributed by atoms with E-state index in [9.17, 15) is 10.5 Å². The molecule has 0 saturated heterocycles.